The number of hydrogen-bond acceptors (Lipinski definition) is 2. The standard InChI is InChI=1S/C12H13F3N2O2/c1-2-7-16-10(18)8-5-3-4-6-9(8)17-11(19)12(13,14)15/h3-6H,2,7H2,1H3,(H,16,18)(H,17,19). The lowest BCUT2D eigenvalue weighted by Crippen LogP contribution is -2.31. The quantitative estimate of drug-likeness (QED) is 0.885. The zero-order valence-corrected chi connectivity index (χ0v) is 10.2. The molecule has 0 fully saturated rings. The Bertz CT molecular complexity index is 472. The highest BCUT2D eigenvalue weighted by Crippen LogP contribution is 2.20. The van der Waals surface area contributed by atoms with E-state index in [0.717, 1.165) is 0 Å². The number of rotatable bonds is 4. The molecule has 2 N–H and O–H groups in total. The molecule has 2 amide bonds. The molecule has 7 heteroatoms. The minimum absolute atomic E-state index is 0.00597. The summed E-state index contributed by atoms with van der Waals surface area (Å²) in [7, 11) is 0. The first-order valence-corrected chi connectivity index (χ1v) is 5.61. The van der Waals surface area contributed by atoms with Crippen molar-refractivity contribution in [3.8, 4) is 0 Å². The van der Waals surface area contributed by atoms with Gasteiger partial charge in [0, 0.05) is 6.54 Å². The Kier molecular flexibility index (Phi) is 4.91. The van der Waals surface area contributed by atoms with E-state index in [4.69, 9.17) is 0 Å². The van der Waals surface area contributed by atoms with Crippen molar-refractivity contribution >= 4 is 17.5 Å². The number of benzene rings is 1. The highest BCUT2D eigenvalue weighted by molar-refractivity contribution is 6.04. The van der Waals surface area contributed by atoms with E-state index < -0.39 is 18.0 Å². The van der Waals surface area contributed by atoms with Crippen LogP contribution >= 0.6 is 0 Å². The number of halogens is 3. The monoisotopic (exact) mass is 274 g/mol. The zero-order chi connectivity index (χ0) is 14.5. The maximum Gasteiger partial charge on any atom is 0.471 e. The highest BCUT2D eigenvalue weighted by atomic mass is 19.4. The fourth-order valence-electron chi connectivity index (χ4n) is 1.32. The van der Waals surface area contributed by atoms with Gasteiger partial charge >= 0.3 is 12.1 Å². The average Bonchev–Trinajstić information content (AvgIpc) is 2.35. The van der Waals surface area contributed by atoms with Crippen LogP contribution in [0.25, 0.3) is 0 Å². The van der Waals surface area contributed by atoms with Crippen LogP contribution in [0.1, 0.15) is 23.7 Å². The van der Waals surface area contributed by atoms with Crippen LogP contribution in [0.5, 0.6) is 0 Å². The third-order valence-corrected chi connectivity index (χ3v) is 2.21. The second-order valence-electron chi connectivity index (χ2n) is 3.75. The van der Waals surface area contributed by atoms with Gasteiger partial charge in [0.2, 0.25) is 0 Å². The van der Waals surface area contributed by atoms with Crippen LogP contribution in [0.15, 0.2) is 24.3 Å². The van der Waals surface area contributed by atoms with Gasteiger partial charge in [0.25, 0.3) is 5.91 Å². The number of anilines is 1. The molecule has 1 rings (SSSR count). The van der Waals surface area contributed by atoms with Crippen LogP contribution in [0.2, 0.25) is 0 Å². The van der Waals surface area contributed by atoms with Crippen LogP contribution in [-0.2, 0) is 4.79 Å². The first kappa shape index (κ1) is 15.0. The average molecular weight is 274 g/mol. The molecule has 0 atom stereocenters. The van der Waals surface area contributed by atoms with E-state index in [1.807, 2.05) is 6.92 Å². The molecule has 0 unspecified atom stereocenters. The third kappa shape index (κ3) is 4.27. The van der Waals surface area contributed by atoms with E-state index in [1.54, 1.807) is 5.32 Å². The second kappa shape index (κ2) is 6.21. The van der Waals surface area contributed by atoms with E-state index in [2.05, 4.69) is 5.32 Å². The Morgan fingerprint density at radius 2 is 1.84 bits per heavy atom. The lowest BCUT2D eigenvalue weighted by atomic mass is 10.1. The topological polar surface area (TPSA) is 58.2 Å². The Morgan fingerprint density at radius 1 is 1.21 bits per heavy atom. The molecular weight excluding hydrogens is 261 g/mol. The number of hydrogen-bond donors (Lipinski definition) is 2. The maximum absolute atomic E-state index is 12.2. The van der Waals surface area contributed by atoms with Crippen LogP contribution < -0.4 is 10.6 Å². The molecule has 0 aliphatic carbocycles. The Hall–Kier alpha value is -2.05. The molecule has 1 aromatic rings. The molecule has 0 aliphatic rings. The maximum atomic E-state index is 12.2. The summed E-state index contributed by atoms with van der Waals surface area (Å²) >= 11 is 0. The minimum atomic E-state index is -4.99. The molecule has 4 nitrogen and oxygen atoms in total. The summed E-state index contributed by atoms with van der Waals surface area (Å²) in [5.41, 5.74) is -0.174. The second-order valence-corrected chi connectivity index (χ2v) is 3.75. The molecule has 0 aromatic heterocycles. The molecular formula is C12H13F3N2O2. The van der Waals surface area contributed by atoms with E-state index in [0.29, 0.717) is 13.0 Å². The Labute approximate surface area is 108 Å². The Balaban J connectivity index is 2.90. The van der Waals surface area contributed by atoms with E-state index in [-0.39, 0.29) is 11.3 Å². The van der Waals surface area contributed by atoms with Gasteiger partial charge in [-0.3, -0.25) is 9.59 Å². The summed E-state index contributed by atoms with van der Waals surface area (Å²) in [5.74, 6) is -2.64. The van der Waals surface area contributed by atoms with Crippen molar-refractivity contribution in [2.75, 3.05) is 11.9 Å². The zero-order valence-electron chi connectivity index (χ0n) is 10.2. The van der Waals surface area contributed by atoms with E-state index >= 15 is 0 Å². The molecule has 104 valence electrons. The molecule has 0 bridgehead atoms. The molecule has 0 radical (unpaired) electrons. The van der Waals surface area contributed by atoms with Gasteiger partial charge in [-0.2, -0.15) is 13.2 Å². The fourth-order valence-corrected chi connectivity index (χ4v) is 1.32. The number of alkyl halides is 3. The van der Waals surface area contributed by atoms with Crippen LogP contribution in [0.4, 0.5) is 18.9 Å². The predicted molar refractivity (Wildman–Crippen MR) is 63.8 cm³/mol. The number of carbonyl (C=O) groups is 2. The molecule has 0 aliphatic heterocycles. The van der Waals surface area contributed by atoms with Crippen molar-refractivity contribution in [2.45, 2.75) is 19.5 Å². The predicted octanol–water partition coefficient (Wildman–Crippen LogP) is 2.33. The third-order valence-electron chi connectivity index (χ3n) is 2.21. The number of amides is 2. The van der Waals surface area contributed by atoms with Gasteiger partial charge in [-0.15, -0.1) is 0 Å². The van der Waals surface area contributed by atoms with Gasteiger partial charge in [0.15, 0.2) is 0 Å². The van der Waals surface area contributed by atoms with Crippen molar-refractivity contribution < 1.29 is 22.8 Å². The van der Waals surface area contributed by atoms with Crippen molar-refractivity contribution in [1.29, 1.82) is 0 Å². The SMILES string of the molecule is CCCNC(=O)c1ccccc1NC(=O)C(F)(F)F. The van der Waals surface area contributed by atoms with E-state index in [1.165, 1.54) is 24.3 Å². The van der Waals surface area contributed by atoms with Crippen LogP contribution in [0.3, 0.4) is 0 Å². The fraction of sp³-hybridized carbons (Fsp3) is 0.333. The minimum Gasteiger partial charge on any atom is -0.352 e. The first-order valence-electron chi connectivity index (χ1n) is 5.61. The summed E-state index contributed by atoms with van der Waals surface area (Å²) < 4.78 is 36.5. The smallest absolute Gasteiger partial charge is 0.352 e. The van der Waals surface area contributed by atoms with E-state index in [9.17, 15) is 22.8 Å². The lowest BCUT2D eigenvalue weighted by Gasteiger charge is -2.12. The number of para-hydroxylation sites is 1. The number of carbonyl (C=O) groups excluding carboxylic acids is 2. The molecule has 0 saturated carbocycles. The molecule has 1 aromatic carbocycles. The molecule has 19 heavy (non-hydrogen) atoms. The van der Waals surface area contributed by atoms with Gasteiger partial charge in [0.05, 0.1) is 11.3 Å². The van der Waals surface area contributed by atoms with Gasteiger partial charge in [-0.1, -0.05) is 19.1 Å². The van der Waals surface area contributed by atoms with Crippen molar-refractivity contribution in [3.05, 3.63) is 29.8 Å². The molecule has 0 spiro atoms. The van der Waals surface area contributed by atoms with Gasteiger partial charge in [-0.25, -0.2) is 0 Å². The van der Waals surface area contributed by atoms with Gasteiger partial charge in [0.1, 0.15) is 0 Å². The van der Waals surface area contributed by atoms with Crippen LogP contribution in [0, 0.1) is 0 Å². The van der Waals surface area contributed by atoms with Gasteiger partial charge < -0.3 is 10.6 Å². The summed E-state index contributed by atoms with van der Waals surface area (Å²) in [4.78, 5) is 22.6. The Morgan fingerprint density at radius 3 is 2.42 bits per heavy atom. The van der Waals surface area contributed by atoms with Crippen molar-refractivity contribution in [1.82, 2.24) is 5.32 Å². The first-order chi connectivity index (χ1) is 8.86. The highest BCUT2D eigenvalue weighted by Gasteiger charge is 2.39. The summed E-state index contributed by atoms with van der Waals surface area (Å²) in [6.45, 7) is 2.25. The van der Waals surface area contributed by atoms with Crippen molar-refractivity contribution in [2.24, 2.45) is 0 Å². The summed E-state index contributed by atoms with van der Waals surface area (Å²) in [6.07, 6.45) is -4.30. The van der Waals surface area contributed by atoms with Gasteiger partial charge in [-0.05, 0) is 18.6 Å². The lowest BCUT2D eigenvalue weighted by molar-refractivity contribution is -0.167. The normalized spacial score (nSPS) is 10.9. The molecule has 0 saturated heterocycles. The largest absolute Gasteiger partial charge is 0.471 e. The molecule has 0 heterocycles. The summed E-state index contributed by atoms with van der Waals surface area (Å²) in [6, 6.07) is 5.52. The van der Waals surface area contributed by atoms with Crippen LogP contribution in [-0.4, -0.2) is 24.5 Å². The number of nitrogens with one attached hydrogen (secondary N) is 2. The van der Waals surface area contributed by atoms with Crippen molar-refractivity contribution in [3.63, 3.8) is 0 Å². The summed E-state index contributed by atoms with van der Waals surface area (Å²) in [5, 5.41) is 4.21.